The molecule has 12 aromatic heterocycles. The van der Waals surface area contributed by atoms with E-state index >= 15 is 0 Å². The number of furan rings is 4. The van der Waals surface area contributed by atoms with Crippen LogP contribution in [0.25, 0.3) is 177 Å². The fourth-order valence-corrected chi connectivity index (χ4v) is 18.4. The number of aryl methyl sites for hydroxylation is 13. The van der Waals surface area contributed by atoms with Gasteiger partial charge in [-0.25, -0.2) is 19.9 Å². The van der Waals surface area contributed by atoms with Gasteiger partial charge in [0.1, 0.15) is 28.2 Å². The molecule has 0 aliphatic rings. The number of pyridine rings is 8. The van der Waals surface area contributed by atoms with Crippen molar-refractivity contribution in [3.63, 3.8) is 0 Å². The van der Waals surface area contributed by atoms with Gasteiger partial charge in [-0.05, 0) is 215 Å². The van der Waals surface area contributed by atoms with E-state index in [1.165, 1.54) is 93.8 Å². The molecule has 0 aliphatic heterocycles. The Morgan fingerprint density at radius 1 is 0.289 bits per heavy atom. The predicted octanol–water partition coefficient (Wildman–Crippen LogP) is 26.3. The number of nitrogens with zero attached hydrogens (tertiary/aromatic N) is 8. The molecule has 606 valence electrons. The largest absolute Gasteiger partial charge is 0.437 e. The van der Waals surface area contributed by atoms with Gasteiger partial charge in [0.2, 0.25) is 67.7 Å². The van der Waals surface area contributed by atoms with Crippen molar-refractivity contribution < 1.29 is 35.9 Å². The van der Waals surface area contributed by atoms with Gasteiger partial charge in [-0.1, -0.05) is 166 Å². The van der Waals surface area contributed by atoms with Crippen LogP contribution in [-0.2, 0) is 53.9 Å². The summed E-state index contributed by atoms with van der Waals surface area (Å²) in [4.78, 5) is 18.5. The van der Waals surface area contributed by atoms with Crippen molar-refractivity contribution in [3.8, 4) is 45.0 Å². The molecular weight excluding hydrogens is 1490 g/mol. The van der Waals surface area contributed by atoms with E-state index in [0.717, 1.165) is 160 Å². The lowest BCUT2D eigenvalue weighted by Crippen LogP contribution is -2.33. The molecule has 8 aromatic carbocycles. The first kappa shape index (κ1) is 80.6. The van der Waals surface area contributed by atoms with Gasteiger partial charge in [0.15, 0.2) is 22.3 Å². The van der Waals surface area contributed by atoms with Crippen molar-refractivity contribution in [2.24, 2.45) is 44.9 Å². The van der Waals surface area contributed by atoms with Crippen molar-refractivity contribution in [2.45, 2.75) is 150 Å². The van der Waals surface area contributed by atoms with Crippen molar-refractivity contribution in [3.05, 3.63) is 286 Å². The van der Waals surface area contributed by atoms with Gasteiger partial charge in [-0.3, -0.25) is 0 Å². The Labute approximate surface area is 708 Å². The first-order chi connectivity index (χ1) is 58.0. The van der Waals surface area contributed by atoms with Crippen LogP contribution in [0.1, 0.15) is 136 Å². The highest BCUT2D eigenvalue weighted by Gasteiger charge is 2.31. The zero-order valence-electron chi connectivity index (χ0n) is 74.1. The standard InChI is InChI=1S/2C28H29N2O.C27H27N2O.C26H25N2O/c1-17-10-12-21-22-13-11-18(2)29-27(22)31-26(21)25(17)24-15-14-20-19(16-28(3,4)5)8-7-9-23(20)30(24)6;1-17-11-13-21-22-14-12-18(2)29-27(22)31-26(21)25(17)24-15-19(16-28(3,4)5)20-9-7-8-10-23(20)30(24)6;1-16(2)15-19-7-6-8-23-20(19)13-14-24(29(23)5)25-17(3)9-11-21-22-12-10-18(4)28-27(22)30-26(21)25;1-5-7-18-8-6-9-22-19(18)14-15-23(28(22)4)24-16(2)10-12-20-21-13-11-17(3)27-26(21)29-25(20)24/h2*7-15H,16H2,1-6H3;6-14,16H,15H2,1-5H3;6,8-15H,5,7H2,1-4H3/q4*+1. The van der Waals surface area contributed by atoms with Crippen LogP contribution in [0.5, 0.6) is 0 Å². The van der Waals surface area contributed by atoms with Crippen LogP contribution in [-0.4, -0.2) is 19.9 Å². The molecule has 0 fully saturated rings. The third kappa shape index (κ3) is 15.1. The Bertz CT molecular complexity index is 7520. The van der Waals surface area contributed by atoms with Crippen LogP contribution in [0, 0.1) is 72.1 Å². The summed E-state index contributed by atoms with van der Waals surface area (Å²) in [5.74, 6) is 0.628. The van der Waals surface area contributed by atoms with E-state index in [4.69, 9.17) is 17.7 Å². The van der Waals surface area contributed by atoms with E-state index in [9.17, 15) is 0 Å². The molecule has 0 aliphatic carbocycles. The van der Waals surface area contributed by atoms with Crippen LogP contribution in [0.3, 0.4) is 0 Å². The molecule has 12 heterocycles. The lowest BCUT2D eigenvalue weighted by Gasteiger charge is -2.20. The van der Waals surface area contributed by atoms with Crippen LogP contribution < -0.4 is 18.3 Å². The maximum absolute atomic E-state index is 6.38. The zero-order chi connectivity index (χ0) is 84.9. The van der Waals surface area contributed by atoms with Gasteiger partial charge in [0, 0.05) is 136 Å². The molecule has 0 bridgehead atoms. The Hall–Kier alpha value is -12.8. The second-order valence-corrected chi connectivity index (χ2v) is 36.5. The summed E-state index contributed by atoms with van der Waals surface area (Å²) in [5, 5.41) is 14.0. The van der Waals surface area contributed by atoms with E-state index < -0.39 is 0 Å². The number of hydrogen-bond acceptors (Lipinski definition) is 8. The minimum Gasteiger partial charge on any atom is -0.437 e. The highest BCUT2D eigenvalue weighted by molar-refractivity contribution is 6.12. The SMILES string of the molecule is CCCc1cccc2c1ccc(-c1c(C)ccc3c1oc1nc(C)ccc13)[n+]2C.Cc1ccc2c(n1)oc1c(-c3cc(CC(C)(C)C)c4ccccc4[n+]3C)c(C)ccc12.Cc1ccc2c(n1)oc1c(-c3ccc4c(CC(C)(C)C)cccc4[n+]3C)c(C)ccc12.Cc1ccc2c(n1)oc1c(-c3ccc4c(CC(C)C)cccc4[n+]3C)c(C)ccc12. The fraction of sp³-hybridized carbons (Fsp3) is 0.266. The van der Waals surface area contributed by atoms with Gasteiger partial charge < -0.3 is 17.7 Å². The molecule has 0 saturated heterocycles. The minimum absolute atomic E-state index is 0.196. The van der Waals surface area contributed by atoms with Gasteiger partial charge in [-0.15, -0.1) is 0 Å². The number of aromatic nitrogens is 8. The van der Waals surface area contributed by atoms with Crippen molar-refractivity contribution in [2.75, 3.05) is 0 Å². The van der Waals surface area contributed by atoms with Gasteiger partial charge in [0.25, 0.3) is 0 Å². The molecule has 0 amide bonds. The molecule has 0 radical (unpaired) electrons. The molecule has 20 rings (SSSR count). The second-order valence-electron chi connectivity index (χ2n) is 36.5. The normalized spacial score (nSPS) is 12.1. The fourth-order valence-electron chi connectivity index (χ4n) is 18.4. The molecule has 0 N–H and O–H groups in total. The summed E-state index contributed by atoms with van der Waals surface area (Å²) in [6.07, 6.45) is 5.39. The molecule has 12 heteroatoms. The second kappa shape index (κ2) is 31.7. The van der Waals surface area contributed by atoms with Crippen molar-refractivity contribution in [1.29, 1.82) is 0 Å². The van der Waals surface area contributed by atoms with Gasteiger partial charge in [0.05, 0.1) is 22.3 Å². The molecular formula is C109H110N8O4+4. The zero-order valence-corrected chi connectivity index (χ0v) is 74.1. The number of rotatable bonds is 10. The van der Waals surface area contributed by atoms with E-state index in [-0.39, 0.29) is 10.8 Å². The number of benzene rings is 8. The number of fused-ring (bicyclic) bond motifs is 16. The maximum atomic E-state index is 6.38. The highest BCUT2D eigenvalue weighted by atomic mass is 16.4. The quantitative estimate of drug-likeness (QED) is 0.124. The van der Waals surface area contributed by atoms with Crippen LogP contribution >= 0.6 is 0 Å². The Balaban J connectivity index is 0.000000115. The molecule has 0 saturated carbocycles. The van der Waals surface area contributed by atoms with Crippen molar-refractivity contribution >= 4 is 132 Å². The molecule has 0 atom stereocenters. The average Bonchev–Trinajstić information content (AvgIpc) is 1.68. The third-order valence-electron chi connectivity index (χ3n) is 24.2. The molecule has 0 unspecified atom stereocenters. The van der Waals surface area contributed by atoms with E-state index in [0.29, 0.717) is 28.8 Å². The lowest BCUT2D eigenvalue weighted by molar-refractivity contribution is -0.633. The van der Waals surface area contributed by atoms with Crippen LogP contribution in [0.2, 0.25) is 0 Å². The summed E-state index contributed by atoms with van der Waals surface area (Å²) in [7, 11) is 8.61. The number of para-hydroxylation sites is 1. The first-order valence-corrected chi connectivity index (χ1v) is 42.8. The lowest BCUT2D eigenvalue weighted by atomic mass is 9.86. The summed E-state index contributed by atoms with van der Waals surface area (Å²) < 4.78 is 34.5. The first-order valence-electron chi connectivity index (χ1n) is 42.8. The minimum atomic E-state index is 0.196. The van der Waals surface area contributed by atoms with Crippen LogP contribution in [0.4, 0.5) is 0 Å². The van der Waals surface area contributed by atoms with E-state index in [1.54, 1.807) is 0 Å². The smallest absolute Gasteiger partial charge is 0.227 e. The van der Waals surface area contributed by atoms with Gasteiger partial charge in [-0.2, -0.15) is 18.3 Å². The summed E-state index contributed by atoms with van der Waals surface area (Å²) in [6, 6.07) is 78.5. The molecule has 121 heavy (non-hydrogen) atoms. The van der Waals surface area contributed by atoms with E-state index in [1.807, 2.05) is 52.0 Å². The average molecular weight is 1600 g/mol. The predicted molar refractivity (Wildman–Crippen MR) is 499 cm³/mol. The molecule has 12 nitrogen and oxygen atoms in total. The summed E-state index contributed by atoms with van der Waals surface area (Å²) >= 11 is 0. The highest BCUT2D eigenvalue weighted by Crippen LogP contribution is 2.44. The Morgan fingerprint density at radius 2 is 0.570 bits per heavy atom. The van der Waals surface area contributed by atoms with Crippen LogP contribution in [0.15, 0.2) is 236 Å². The van der Waals surface area contributed by atoms with Gasteiger partial charge >= 0.3 is 0 Å². The van der Waals surface area contributed by atoms with Crippen molar-refractivity contribution in [1.82, 2.24) is 19.9 Å². The van der Waals surface area contributed by atoms with E-state index in [2.05, 4.69) is 351 Å². The third-order valence-corrected chi connectivity index (χ3v) is 24.2. The molecule has 20 aromatic rings. The summed E-state index contributed by atoms with van der Waals surface area (Å²) in [5.41, 5.74) is 35.4. The number of hydrogen-bond donors (Lipinski definition) is 0. The Morgan fingerprint density at radius 3 is 0.926 bits per heavy atom. The summed E-state index contributed by atoms with van der Waals surface area (Å²) in [6.45, 7) is 37.2. The monoisotopic (exact) mass is 1590 g/mol. The Kier molecular flexibility index (Phi) is 21.1. The molecule has 0 spiro atoms. The topological polar surface area (TPSA) is 120 Å². The maximum Gasteiger partial charge on any atom is 0.227 e.